The second-order valence-corrected chi connectivity index (χ2v) is 8.61. The third kappa shape index (κ3) is 3.74. The number of aromatic nitrogens is 3. The van der Waals surface area contributed by atoms with Crippen LogP contribution in [0.25, 0.3) is 5.65 Å². The van der Waals surface area contributed by atoms with E-state index in [0.717, 1.165) is 36.3 Å². The highest BCUT2D eigenvalue weighted by atomic mass is 16.2. The third-order valence-corrected chi connectivity index (χ3v) is 6.88. The molecule has 2 fully saturated rings. The number of primary amides is 1. The molecule has 2 amide bonds. The molecule has 2 aromatic heterocycles. The Hall–Kier alpha value is -2.44. The Balaban J connectivity index is 1.49. The Morgan fingerprint density at radius 1 is 1.14 bits per heavy atom. The second kappa shape index (κ2) is 8.13. The monoisotopic (exact) mass is 397 g/mol. The highest BCUT2D eigenvalue weighted by Crippen LogP contribution is 2.34. The molecular weight excluding hydrogens is 366 g/mol. The van der Waals surface area contributed by atoms with Gasteiger partial charge in [-0.2, -0.15) is 5.10 Å². The molecule has 1 saturated carbocycles. The number of amides is 2. The number of likely N-dealkylation sites (tertiary alicyclic amines) is 1. The number of nitrogens with zero attached hydrogens (tertiary/aromatic N) is 4. The quantitative estimate of drug-likeness (QED) is 0.839. The summed E-state index contributed by atoms with van der Waals surface area (Å²) >= 11 is 0. The lowest BCUT2D eigenvalue weighted by Crippen LogP contribution is -2.40. The fraction of sp³-hybridized carbons (Fsp3) is 0.636. The summed E-state index contributed by atoms with van der Waals surface area (Å²) in [6.07, 6.45) is 11.4. The molecule has 1 atom stereocenters. The van der Waals surface area contributed by atoms with E-state index in [1.807, 2.05) is 13.8 Å². The maximum atomic E-state index is 13.1. The van der Waals surface area contributed by atoms with Gasteiger partial charge in [0.1, 0.15) is 5.56 Å². The van der Waals surface area contributed by atoms with Crippen LogP contribution in [-0.2, 0) is 11.2 Å². The number of fused-ring (bicyclic) bond motifs is 1. The lowest BCUT2D eigenvalue weighted by molar-refractivity contribution is -0.133. The molecule has 0 spiro atoms. The third-order valence-electron chi connectivity index (χ3n) is 6.88. The van der Waals surface area contributed by atoms with Crippen LogP contribution in [0.3, 0.4) is 0 Å². The van der Waals surface area contributed by atoms with Crippen LogP contribution in [0.5, 0.6) is 0 Å². The van der Waals surface area contributed by atoms with E-state index in [0.29, 0.717) is 36.0 Å². The zero-order chi connectivity index (χ0) is 20.5. The summed E-state index contributed by atoms with van der Waals surface area (Å²) in [5, 5.41) is 4.28. The van der Waals surface area contributed by atoms with E-state index in [1.165, 1.54) is 38.3 Å². The Bertz CT molecular complexity index is 929. The van der Waals surface area contributed by atoms with E-state index in [1.54, 1.807) is 4.52 Å². The van der Waals surface area contributed by atoms with E-state index in [-0.39, 0.29) is 5.91 Å². The number of hydrogen-bond acceptors (Lipinski definition) is 4. The Morgan fingerprint density at radius 2 is 1.90 bits per heavy atom. The molecule has 4 rings (SSSR count). The first kappa shape index (κ1) is 19.9. The molecule has 1 unspecified atom stereocenters. The number of carbonyl (C=O) groups excluding carboxylic acids is 2. The molecule has 156 valence electrons. The molecule has 1 aliphatic carbocycles. The normalized spacial score (nSPS) is 20.5. The van der Waals surface area contributed by atoms with Gasteiger partial charge in [-0.1, -0.05) is 19.3 Å². The Morgan fingerprint density at radius 3 is 2.62 bits per heavy atom. The summed E-state index contributed by atoms with van der Waals surface area (Å²) in [5.74, 6) is 0.417. The van der Waals surface area contributed by atoms with E-state index >= 15 is 0 Å². The number of carbonyl (C=O) groups is 2. The average Bonchev–Trinajstić information content (AvgIpc) is 3.35. The largest absolute Gasteiger partial charge is 0.365 e. The van der Waals surface area contributed by atoms with Gasteiger partial charge in [-0.3, -0.25) is 9.59 Å². The van der Waals surface area contributed by atoms with Crippen molar-refractivity contribution >= 4 is 17.5 Å². The van der Waals surface area contributed by atoms with Crippen LogP contribution in [0.1, 0.15) is 78.7 Å². The van der Waals surface area contributed by atoms with E-state index < -0.39 is 5.91 Å². The summed E-state index contributed by atoms with van der Waals surface area (Å²) in [5.41, 5.74) is 9.00. The molecule has 7 nitrogen and oxygen atoms in total. The van der Waals surface area contributed by atoms with Gasteiger partial charge >= 0.3 is 0 Å². The summed E-state index contributed by atoms with van der Waals surface area (Å²) < 4.78 is 1.66. The molecule has 1 saturated heterocycles. The van der Waals surface area contributed by atoms with Crippen molar-refractivity contribution in [3.63, 3.8) is 0 Å². The molecule has 29 heavy (non-hydrogen) atoms. The van der Waals surface area contributed by atoms with Crippen LogP contribution in [0, 0.1) is 19.8 Å². The van der Waals surface area contributed by atoms with Gasteiger partial charge in [-0.05, 0) is 57.4 Å². The fourth-order valence-electron chi connectivity index (χ4n) is 5.33. The molecular formula is C22H31N5O2. The van der Waals surface area contributed by atoms with Gasteiger partial charge in [0.2, 0.25) is 5.91 Å². The van der Waals surface area contributed by atoms with Crippen molar-refractivity contribution in [3.05, 3.63) is 28.7 Å². The van der Waals surface area contributed by atoms with Gasteiger partial charge in [0.25, 0.3) is 5.91 Å². The van der Waals surface area contributed by atoms with Gasteiger partial charge in [0.05, 0.1) is 6.20 Å². The van der Waals surface area contributed by atoms with Gasteiger partial charge in [-0.15, -0.1) is 0 Å². The van der Waals surface area contributed by atoms with Gasteiger partial charge < -0.3 is 10.6 Å². The summed E-state index contributed by atoms with van der Waals surface area (Å²) in [6, 6.07) is 0.440. The van der Waals surface area contributed by atoms with E-state index in [9.17, 15) is 9.59 Å². The maximum Gasteiger partial charge on any atom is 0.254 e. The molecule has 0 aromatic carbocycles. The number of hydrogen-bond donors (Lipinski definition) is 1. The molecule has 3 heterocycles. The standard InChI is InChI=1S/C22H31N5O2/c1-14-17(15(2)27-22(25-14)18(13-24-27)21(23)29)10-11-20(28)26-12-6-9-19(26)16-7-4-3-5-8-16/h13,16,19H,3-12H2,1-2H3,(H2,23,29). The molecule has 2 aromatic rings. The lowest BCUT2D eigenvalue weighted by atomic mass is 9.83. The molecule has 2 N–H and O–H groups in total. The minimum atomic E-state index is -0.531. The minimum absolute atomic E-state index is 0.260. The molecule has 1 aliphatic heterocycles. The first-order valence-corrected chi connectivity index (χ1v) is 10.9. The number of nitrogens with two attached hydrogens (primary N) is 1. The fourth-order valence-corrected chi connectivity index (χ4v) is 5.33. The summed E-state index contributed by atoms with van der Waals surface area (Å²) in [6.45, 7) is 4.78. The molecule has 0 radical (unpaired) electrons. The van der Waals surface area contributed by atoms with Gasteiger partial charge in [0.15, 0.2) is 5.65 Å². The van der Waals surface area contributed by atoms with E-state index in [2.05, 4.69) is 15.0 Å². The zero-order valence-electron chi connectivity index (χ0n) is 17.5. The summed E-state index contributed by atoms with van der Waals surface area (Å²) in [4.78, 5) is 31.4. The van der Waals surface area contributed by atoms with Crippen molar-refractivity contribution in [2.45, 2.75) is 77.7 Å². The maximum absolute atomic E-state index is 13.1. The van der Waals surface area contributed by atoms with Crippen molar-refractivity contribution in [2.75, 3.05) is 6.54 Å². The SMILES string of the molecule is Cc1nc2c(C(N)=O)cnn2c(C)c1CCC(=O)N1CCCC1C1CCCCC1. The first-order valence-electron chi connectivity index (χ1n) is 10.9. The molecule has 2 aliphatic rings. The van der Waals surface area contributed by atoms with Crippen LogP contribution in [0.4, 0.5) is 0 Å². The van der Waals surface area contributed by atoms with Gasteiger partial charge in [-0.25, -0.2) is 9.50 Å². The predicted molar refractivity (Wildman–Crippen MR) is 111 cm³/mol. The van der Waals surface area contributed by atoms with Crippen molar-refractivity contribution in [1.82, 2.24) is 19.5 Å². The highest BCUT2D eigenvalue weighted by molar-refractivity contribution is 5.98. The minimum Gasteiger partial charge on any atom is -0.365 e. The molecule has 7 heteroatoms. The number of rotatable bonds is 5. The smallest absolute Gasteiger partial charge is 0.254 e. The molecule has 0 bridgehead atoms. The Labute approximate surface area is 171 Å². The van der Waals surface area contributed by atoms with Crippen LogP contribution < -0.4 is 5.73 Å². The predicted octanol–water partition coefficient (Wildman–Crippen LogP) is 2.95. The zero-order valence-corrected chi connectivity index (χ0v) is 17.5. The summed E-state index contributed by atoms with van der Waals surface area (Å²) in [7, 11) is 0. The van der Waals surface area contributed by atoms with Crippen LogP contribution in [0.15, 0.2) is 6.20 Å². The van der Waals surface area contributed by atoms with Crippen molar-refractivity contribution in [3.8, 4) is 0 Å². The highest BCUT2D eigenvalue weighted by Gasteiger charge is 2.34. The first-order chi connectivity index (χ1) is 14.0. The van der Waals surface area contributed by atoms with Crippen LogP contribution >= 0.6 is 0 Å². The number of aryl methyl sites for hydroxylation is 2. The topological polar surface area (TPSA) is 93.6 Å². The van der Waals surface area contributed by atoms with Gasteiger partial charge in [0, 0.05) is 30.4 Å². The van der Waals surface area contributed by atoms with Crippen molar-refractivity contribution in [1.29, 1.82) is 0 Å². The second-order valence-electron chi connectivity index (χ2n) is 8.61. The van der Waals surface area contributed by atoms with Crippen molar-refractivity contribution < 1.29 is 9.59 Å². The van der Waals surface area contributed by atoms with Crippen LogP contribution in [-0.4, -0.2) is 43.9 Å². The lowest BCUT2D eigenvalue weighted by Gasteiger charge is -2.34. The Kier molecular flexibility index (Phi) is 5.56. The van der Waals surface area contributed by atoms with Crippen molar-refractivity contribution in [2.24, 2.45) is 11.7 Å². The van der Waals surface area contributed by atoms with E-state index in [4.69, 9.17) is 5.73 Å². The average molecular weight is 398 g/mol. The van der Waals surface area contributed by atoms with Crippen LogP contribution in [0.2, 0.25) is 0 Å².